The first kappa shape index (κ1) is 20.0. The molecule has 1 N–H and O–H groups in total. The molecule has 1 aliphatic heterocycles. The molecule has 1 amide bonds. The van der Waals surface area contributed by atoms with Crippen LogP contribution in [0, 0.1) is 5.92 Å². The van der Waals surface area contributed by atoms with Crippen LogP contribution in [0.5, 0.6) is 5.75 Å². The first-order valence-corrected chi connectivity index (χ1v) is 9.30. The Morgan fingerprint density at radius 3 is 2.46 bits per heavy atom. The van der Waals surface area contributed by atoms with Gasteiger partial charge < -0.3 is 14.7 Å². The van der Waals surface area contributed by atoms with Crippen molar-refractivity contribution in [2.45, 2.75) is 59.6 Å². The zero-order valence-electron chi connectivity index (χ0n) is 16.3. The maximum Gasteiger partial charge on any atom is 0.290 e. The Morgan fingerprint density at radius 2 is 1.88 bits per heavy atom. The van der Waals surface area contributed by atoms with E-state index in [0.29, 0.717) is 12.3 Å². The van der Waals surface area contributed by atoms with E-state index in [2.05, 4.69) is 0 Å². The number of aliphatic hydroxyl groups excluding tert-OH is 1. The molecule has 5 heteroatoms. The van der Waals surface area contributed by atoms with E-state index in [9.17, 15) is 14.7 Å². The molecule has 0 saturated carbocycles. The molecule has 0 aliphatic carbocycles. The normalized spacial score (nSPS) is 17.6. The van der Waals surface area contributed by atoms with Gasteiger partial charge in [-0.25, -0.2) is 0 Å². The summed E-state index contributed by atoms with van der Waals surface area (Å²) >= 11 is 0. The molecule has 5 nitrogen and oxygen atoms in total. The average Bonchev–Trinajstić information content (AvgIpc) is 2.79. The maximum atomic E-state index is 12.8. The zero-order chi connectivity index (χ0) is 19.4. The van der Waals surface area contributed by atoms with Gasteiger partial charge in [0, 0.05) is 18.5 Å². The number of ketones is 1. The number of Topliss-reactive ketones (excluding diaryl/α,β-unsaturated/α-hetero) is 1. The minimum absolute atomic E-state index is 0.0414. The topological polar surface area (TPSA) is 66.8 Å². The molecule has 1 aromatic rings. The van der Waals surface area contributed by atoms with Gasteiger partial charge in [-0.05, 0) is 32.3 Å². The number of benzene rings is 1. The molecular formula is C21H29NO4. The Morgan fingerprint density at radius 1 is 1.23 bits per heavy atom. The number of carbonyl (C=O) groups excluding carboxylic acids is 2. The van der Waals surface area contributed by atoms with Crippen molar-refractivity contribution in [1.82, 2.24) is 4.90 Å². The van der Waals surface area contributed by atoms with E-state index in [1.165, 1.54) is 0 Å². The summed E-state index contributed by atoms with van der Waals surface area (Å²) < 4.78 is 5.91. The highest BCUT2D eigenvalue weighted by Crippen LogP contribution is 2.42. The lowest BCUT2D eigenvalue weighted by molar-refractivity contribution is -0.129. The number of aliphatic hydroxyl groups is 1. The molecule has 1 unspecified atom stereocenters. The molecular weight excluding hydrogens is 330 g/mol. The van der Waals surface area contributed by atoms with E-state index in [1.54, 1.807) is 4.90 Å². The fourth-order valence-corrected chi connectivity index (χ4v) is 3.28. The molecule has 1 atom stereocenters. The van der Waals surface area contributed by atoms with E-state index in [0.717, 1.165) is 12.0 Å². The molecule has 1 heterocycles. The number of hydrogen-bond acceptors (Lipinski definition) is 4. The third kappa shape index (κ3) is 4.09. The van der Waals surface area contributed by atoms with Gasteiger partial charge in [0.1, 0.15) is 5.75 Å². The van der Waals surface area contributed by atoms with Crippen LogP contribution in [0.15, 0.2) is 35.6 Å². The molecule has 0 fully saturated rings. The van der Waals surface area contributed by atoms with Gasteiger partial charge >= 0.3 is 0 Å². The minimum Gasteiger partial charge on any atom is -0.503 e. The molecule has 0 spiro atoms. The van der Waals surface area contributed by atoms with E-state index in [-0.39, 0.29) is 29.8 Å². The van der Waals surface area contributed by atoms with Gasteiger partial charge in [0.2, 0.25) is 0 Å². The van der Waals surface area contributed by atoms with Crippen molar-refractivity contribution in [2.24, 2.45) is 5.92 Å². The summed E-state index contributed by atoms with van der Waals surface area (Å²) in [5.41, 5.74) is 0.927. The summed E-state index contributed by atoms with van der Waals surface area (Å²) in [4.78, 5) is 27.1. The Bertz CT molecular complexity index is 706. The van der Waals surface area contributed by atoms with Gasteiger partial charge in [-0.2, -0.15) is 0 Å². The summed E-state index contributed by atoms with van der Waals surface area (Å²) in [7, 11) is 0. The predicted octanol–water partition coefficient (Wildman–Crippen LogP) is 4.19. The largest absolute Gasteiger partial charge is 0.503 e. The van der Waals surface area contributed by atoms with Crippen molar-refractivity contribution in [3.63, 3.8) is 0 Å². The van der Waals surface area contributed by atoms with Crippen LogP contribution in [0.3, 0.4) is 0 Å². The highest BCUT2D eigenvalue weighted by Gasteiger charge is 2.44. The lowest BCUT2D eigenvalue weighted by atomic mass is 9.91. The van der Waals surface area contributed by atoms with Crippen LogP contribution in [0.4, 0.5) is 0 Å². The quantitative estimate of drug-likeness (QED) is 0.755. The number of nitrogens with zero attached hydrogens (tertiary/aromatic N) is 1. The molecule has 2 rings (SSSR count). The van der Waals surface area contributed by atoms with E-state index < -0.39 is 17.7 Å². The molecule has 26 heavy (non-hydrogen) atoms. The minimum atomic E-state index is -0.608. The van der Waals surface area contributed by atoms with Crippen molar-refractivity contribution in [3.8, 4) is 5.75 Å². The number of amides is 1. The smallest absolute Gasteiger partial charge is 0.290 e. The summed E-state index contributed by atoms with van der Waals surface area (Å²) in [6, 6.07) is 6.81. The summed E-state index contributed by atoms with van der Waals surface area (Å²) in [5.74, 6) is -0.322. The van der Waals surface area contributed by atoms with Crippen molar-refractivity contribution in [2.75, 3.05) is 6.54 Å². The first-order valence-electron chi connectivity index (χ1n) is 9.30. The van der Waals surface area contributed by atoms with Crippen LogP contribution in [0.2, 0.25) is 0 Å². The van der Waals surface area contributed by atoms with Crippen LogP contribution < -0.4 is 4.74 Å². The number of rotatable bonds is 8. The number of carbonyl (C=O) groups is 2. The Kier molecular flexibility index (Phi) is 6.46. The van der Waals surface area contributed by atoms with Crippen LogP contribution in [0.1, 0.15) is 59.1 Å². The summed E-state index contributed by atoms with van der Waals surface area (Å²) in [5, 5.41) is 10.5. The second-order valence-corrected chi connectivity index (χ2v) is 7.39. The second kappa shape index (κ2) is 8.39. The van der Waals surface area contributed by atoms with Crippen LogP contribution in [0.25, 0.3) is 0 Å². The van der Waals surface area contributed by atoms with Gasteiger partial charge in [0.25, 0.3) is 5.91 Å². The molecule has 0 saturated heterocycles. The van der Waals surface area contributed by atoms with E-state index in [4.69, 9.17) is 4.74 Å². The van der Waals surface area contributed by atoms with Crippen molar-refractivity contribution in [1.29, 1.82) is 0 Å². The Balaban J connectivity index is 2.56. The third-order valence-electron chi connectivity index (χ3n) is 4.24. The second-order valence-electron chi connectivity index (χ2n) is 7.39. The average molecular weight is 359 g/mol. The summed E-state index contributed by atoms with van der Waals surface area (Å²) in [6.07, 6.45) is 0.977. The van der Waals surface area contributed by atoms with E-state index >= 15 is 0 Å². The summed E-state index contributed by atoms with van der Waals surface area (Å²) in [6.45, 7) is 10.2. The van der Waals surface area contributed by atoms with Gasteiger partial charge in [0.15, 0.2) is 11.5 Å². The van der Waals surface area contributed by atoms with Gasteiger partial charge in [0.05, 0.1) is 17.7 Å². The van der Waals surface area contributed by atoms with Crippen LogP contribution in [-0.4, -0.2) is 34.3 Å². The number of para-hydroxylation sites is 1. The van der Waals surface area contributed by atoms with E-state index in [1.807, 2.05) is 58.9 Å². The Labute approximate surface area is 155 Å². The Hall–Kier alpha value is -2.30. The number of ether oxygens (including phenoxy) is 1. The number of hydrogen-bond donors (Lipinski definition) is 1. The SMILES string of the molecule is CCCN1C(=O)C(O)=C(C(=O)CC(C)C)C1c1ccccc1OC(C)C. The first-order chi connectivity index (χ1) is 12.3. The fraction of sp³-hybridized carbons (Fsp3) is 0.524. The highest BCUT2D eigenvalue weighted by atomic mass is 16.5. The molecule has 142 valence electrons. The maximum absolute atomic E-state index is 12.8. The molecule has 0 radical (unpaired) electrons. The molecule has 0 bridgehead atoms. The van der Waals surface area contributed by atoms with Crippen molar-refractivity contribution < 1.29 is 19.4 Å². The van der Waals surface area contributed by atoms with Crippen molar-refractivity contribution >= 4 is 11.7 Å². The van der Waals surface area contributed by atoms with Gasteiger partial charge in [-0.1, -0.05) is 39.0 Å². The highest BCUT2D eigenvalue weighted by molar-refractivity contribution is 6.09. The lowest BCUT2D eigenvalue weighted by Crippen LogP contribution is -2.32. The molecule has 0 aromatic heterocycles. The van der Waals surface area contributed by atoms with Gasteiger partial charge in [-0.15, -0.1) is 0 Å². The van der Waals surface area contributed by atoms with Gasteiger partial charge in [-0.3, -0.25) is 9.59 Å². The van der Waals surface area contributed by atoms with Crippen LogP contribution >= 0.6 is 0 Å². The lowest BCUT2D eigenvalue weighted by Gasteiger charge is -2.28. The van der Waals surface area contributed by atoms with Crippen LogP contribution in [-0.2, 0) is 9.59 Å². The molecule has 1 aliphatic rings. The third-order valence-corrected chi connectivity index (χ3v) is 4.24. The predicted molar refractivity (Wildman–Crippen MR) is 101 cm³/mol. The molecule has 1 aromatic carbocycles. The monoisotopic (exact) mass is 359 g/mol. The standard InChI is InChI=1S/C21H29NO4/c1-6-11-22-19(15-9-7-8-10-17(15)26-14(4)5)18(20(24)21(22)25)16(23)12-13(2)3/h7-10,13-14,19,24H,6,11-12H2,1-5H3. The zero-order valence-corrected chi connectivity index (χ0v) is 16.3. The van der Waals surface area contributed by atoms with Crippen molar-refractivity contribution in [3.05, 3.63) is 41.2 Å². The fourth-order valence-electron chi connectivity index (χ4n) is 3.28.